The standard InChI is InChI=1S/C7H13NO3/c1-2-4-7(8(10)11)5-3-6-9/h2,7,9H,1,3-6H2. The van der Waals surface area contributed by atoms with Gasteiger partial charge in [-0.25, -0.2) is 0 Å². The van der Waals surface area contributed by atoms with Crippen LogP contribution >= 0.6 is 0 Å². The summed E-state index contributed by atoms with van der Waals surface area (Å²) in [6, 6.07) is -0.570. The Labute approximate surface area is 65.7 Å². The van der Waals surface area contributed by atoms with Crippen LogP contribution in [0.15, 0.2) is 12.7 Å². The molecule has 0 aromatic heterocycles. The molecule has 0 rings (SSSR count). The highest BCUT2D eigenvalue weighted by Gasteiger charge is 2.16. The predicted molar refractivity (Wildman–Crippen MR) is 41.9 cm³/mol. The van der Waals surface area contributed by atoms with E-state index in [0.717, 1.165) is 0 Å². The molecule has 0 fully saturated rings. The lowest BCUT2D eigenvalue weighted by Gasteiger charge is -2.04. The molecular formula is C7H13NO3. The maximum Gasteiger partial charge on any atom is 0.216 e. The van der Waals surface area contributed by atoms with Crippen molar-refractivity contribution in [3.8, 4) is 0 Å². The molecule has 4 nitrogen and oxygen atoms in total. The highest BCUT2D eigenvalue weighted by atomic mass is 16.6. The summed E-state index contributed by atoms with van der Waals surface area (Å²) >= 11 is 0. The van der Waals surface area contributed by atoms with Crippen LogP contribution in [0, 0.1) is 10.1 Å². The van der Waals surface area contributed by atoms with Crippen LogP contribution in [-0.4, -0.2) is 22.7 Å². The Kier molecular flexibility index (Phi) is 5.37. The largest absolute Gasteiger partial charge is 0.396 e. The first kappa shape index (κ1) is 10.1. The second-order valence-electron chi connectivity index (χ2n) is 2.33. The number of hydrogen-bond acceptors (Lipinski definition) is 3. The molecule has 1 unspecified atom stereocenters. The lowest BCUT2D eigenvalue weighted by molar-refractivity contribution is -0.522. The van der Waals surface area contributed by atoms with Crippen LogP contribution in [0.2, 0.25) is 0 Å². The average Bonchev–Trinajstić information content (AvgIpc) is 1.97. The van der Waals surface area contributed by atoms with Gasteiger partial charge in [-0.05, 0) is 6.42 Å². The van der Waals surface area contributed by atoms with Crippen LogP contribution in [0.5, 0.6) is 0 Å². The minimum atomic E-state index is -0.570. The molecule has 0 aromatic rings. The Bertz CT molecular complexity index is 136. The molecule has 0 aliphatic rings. The second-order valence-corrected chi connectivity index (χ2v) is 2.33. The molecule has 0 aliphatic carbocycles. The average molecular weight is 159 g/mol. The fourth-order valence-corrected chi connectivity index (χ4v) is 0.829. The second kappa shape index (κ2) is 5.85. The quantitative estimate of drug-likeness (QED) is 0.357. The molecule has 4 heteroatoms. The van der Waals surface area contributed by atoms with Gasteiger partial charge in [-0.15, -0.1) is 6.58 Å². The monoisotopic (exact) mass is 159 g/mol. The molecule has 0 aromatic carbocycles. The highest BCUT2D eigenvalue weighted by molar-refractivity contribution is 4.72. The third-order valence-corrected chi connectivity index (χ3v) is 1.43. The van der Waals surface area contributed by atoms with Crippen molar-refractivity contribution >= 4 is 0 Å². The van der Waals surface area contributed by atoms with E-state index >= 15 is 0 Å². The van der Waals surface area contributed by atoms with E-state index < -0.39 is 6.04 Å². The first-order valence-electron chi connectivity index (χ1n) is 3.57. The number of nitro groups is 1. The zero-order valence-electron chi connectivity index (χ0n) is 6.40. The van der Waals surface area contributed by atoms with Crippen molar-refractivity contribution in [2.45, 2.75) is 25.3 Å². The van der Waals surface area contributed by atoms with Crippen LogP contribution in [0.3, 0.4) is 0 Å². The van der Waals surface area contributed by atoms with Gasteiger partial charge in [0.1, 0.15) is 0 Å². The van der Waals surface area contributed by atoms with Gasteiger partial charge in [0.2, 0.25) is 6.04 Å². The number of nitrogens with zero attached hydrogens (tertiary/aromatic N) is 1. The van der Waals surface area contributed by atoms with E-state index in [1.807, 2.05) is 0 Å². The lowest BCUT2D eigenvalue weighted by Crippen LogP contribution is -2.18. The molecular weight excluding hydrogens is 146 g/mol. The zero-order valence-corrected chi connectivity index (χ0v) is 6.40. The van der Waals surface area contributed by atoms with E-state index in [2.05, 4.69) is 6.58 Å². The summed E-state index contributed by atoms with van der Waals surface area (Å²) in [5.74, 6) is 0. The molecule has 64 valence electrons. The Morgan fingerprint density at radius 2 is 2.36 bits per heavy atom. The Hall–Kier alpha value is -0.900. The Morgan fingerprint density at radius 3 is 2.73 bits per heavy atom. The smallest absolute Gasteiger partial charge is 0.216 e. The number of rotatable bonds is 6. The summed E-state index contributed by atoms with van der Waals surface area (Å²) in [6.45, 7) is 3.44. The fraction of sp³-hybridized carbons (Fsp3) is 0.714. The van der Waals surface area contributed by atoms with Gasteiger partial charge < -0.3 is 5.11 Å². The van der Waals surface area contributed by atoms with Crippen molar-refractivity contribution in [1.82, 2.24) is 0 Å². The van der Waals surface area contributed by atoms with E-state index in [0.29, 0.717) is 19.3 Å². The van der Waals surface area contributed by atoms with Crippen LogP contribution < -0.4 is 0 Å². The van der Waals surface area contributed by atoms with Crippen molar-refractivity contribution in [2.75, 3.05) is 6.61 Å². The molecule has 0 saturated carbocycles. The van der Waals surface area contributed by atoms with Crippen LogP contribution in [0.4, 0.5) is 0 Å². The van der Waals surface area contributed by atoms with Crippen molar-refractivity contribution < 1.29 is 10.0 Å². The molecule has 0 heterocycles. The van der Waals surface area contributed by atoms with Crippen molar-refractivity contribution in [1.29, 1.82) is 0 Å². The van der Waals surface area contributed by atoms with Gasteiger partial charge in [0.15, 0.2) is 0 Å². The Morgan fingerprint density at radius 1 is 1.73 bits per heavy atom. The molecule has 1 atom stereocenters. The topological polar surface area (TPSA) is 63.4 Å². The minimum Gasteiger partial charge on any atom is -0.396 e. The number of aliphatic hydroxyl groups excluding tert-OH is 1. The summed E-state index contributed by atoms with van der Waals surface area (Å²) in [5, 5.41) is 18.7. The molecule has 0 amide bonds. The van der Waals surface area contributed by atoms with E-state index in [-0.39, 0.29) is 11.5 Å². The minimum absolute atomic E-state index is 0.0154. The lowest BCUT2D eigenvalue weighted by atomic mass is 10.1. The molecule has 0 bridgehead atoms. The summed E-state index contributed by atoms with van der Waals surface area (Å²) in [5.41, 5.74) is 0. The van der Waals surface area contributed by atoms with Gasteiger partial charge >= 0.3 is 0 Å². The van der Waals surface area contributed by atoms with E-state index in [9.17, 15) is 10.1 Å². The SMILES string of the molecule is C=CCC(CCCO)[N+](=O)[O-]. The van der Waals surface area contributed by atoms with Crippen LogP contribution in [-0.2, 0) is 0 Å². The predicted octanol–water partition coefficient (Wildman–Crippen LogP) is 0.980. The summed E-state index contributed by atoms with van der Waals surface area (Å²) < 4.78 is 0. The van der Waals surface area contributed by atoms with Gasteiger partial charge in [0.25, 0.3) is 0 Å². The van der Waals surface area contributed by atoms with Gasteiger partial charge in [-0.2, -0.15) is 0 Å². The van der Waals surface area contributed by atoms with Gasteiger partial charge in [-0.3, -0.25) is 10.1 Å². The molecule has 1 N–H and O–H groups in total. The highest BCUT2D eigenvalue weighted by Crippen LogP contribution is 2.05. The van der Waals surface area contributed by atoms with Crippen molar-refractivity contribution in [3.63, 3.8) is 0 Å². The van der Waals surface area contributed by atoms with E-state index in [1.54, 1.807) is 0 Å². The van der Waals surface area contributed by atoms with Crippen LogP contribution in [0.25, 0.3) is 0 Å². The van der Waals surface area contributed by atoms with Gasteiger partial charge in [0.05, 0.1) is 0 Å². The summed E-state index contributed by atoms with van der Waals surface area (Å²) in [7, 11) is 0. The van der Waals surface area contributed by atoms with E-state index in [4.69, 9.17) is 5.11 Å². The summed E-state index contributed by atoms with van der Waals surface area (Å²) in [4.78, 5) is 9.95. The third kappa shape index (κ3) is 4.50. The van der Waals surface area contributed by atoms with Crippen molar-refractivity contribution in [2.24, 2.45) is 0 Å². The van der Waals surface area contributed by atoms with Gasteiger partial charge in [0, 0.05) is 24.4 Å². The zero-order chi connectivity index (χ0) is 8.69. The maximum atomic E-state index is 10.3. The van der Waals surface area contributed by atoms with Gasteiger partial charge in [-0.1, -0.05) is 6.08 Å². The molecule has 0 saturated heterocycles. The van der Waals surface area contributed by atoms with E-state index in [1.165, 1.54) is 6.08 Å². The van der Waals surface area contributed by atoms with Crippen molar-refractivity contribution in [3.05, 3.63) is 22.8 Å². The fourth-order valence-electron chi connectivity index (χ4n) is 0.829. The van der Waals surface area contributed by atoms with Crippen LogP contribution in [0.1, 0.15) is 19.3 Å². The molecule has 0 spiro atoms. The molecule has 0 aliphatic heterocycles. The normalized spacial score (nSPS) is 12.5. The first-order valence-corrected chi connectivity index (χ1v) is 3.57. The first-order chi connectivity index (χ1) is 5.22. The third-order valence-electron chi connectivity index (χ3n) is 1.43. The number of aliphatic hydroxyl groups is 1. The Balaban J connectivity index is 3.69. The maximum absolute atomic E-state index is 10.3. The molecule has 0 radical (unpaired) electrons. The molecule has 11 heavy (non-hydrogen) atoms. The number of hydrogen-bond donors (Lipinski definition) is 1. The summed E-state index contributed by atoms with van der Waals surface area (Å²) in [6.07, 6.45) is 2.83.